The lowest BCUT2D eigenvalue weighted by Crippen LogP contribution is -2.22. The lowest BCUT2D eigenvalue weighted by Gasteiger charge is -2.22. The number of benzene rings is 1. The predicted molar refractivity (Wildman–Crippen MR) is 70.1 cm³/mol. The van der Waals surface area contributed by atoms with Crippen LogP contribution in [-0.2, 0) is 4.79 Å². The summed E-state index contributed by atoms with van der Waals surface area (Å²) < 4.78 is 0. The van der Waals surface area contributed by atoms with Crippen molar-refractivity contribution in [1.82, 2.24) is 0 Å². The van der Waals surface area contributed by atoms with Gasteiger partial charge in [0.05, 0.1) is 0 Å². The van der Waals surface area contributed by atoms with Crippen molar-refractivity contribution in [2.75, 3.05) is 11.9 Å². The van der Waals surface area contributed by atoms with Crippen LogP contribution in [0.2, 0.25) is 0 Å². The fourth-order valence-corrected chi connectivity index (χ4v) is 1.58. The molecule has 0 saturated heterocycles. The van der Waals surface area contributed by atoms with Crippen molar-refractivity contribution < 1.29 is 9.90 Å². The minimum Gasteiger partial charge on any atom is -0.478 e. The van der Waals surface area contributed by atoms with Crippen LogP contribution in [0.4, 0.5) is 5.69 Å². The maximum Gasteiger partial charge on any atom is 0.330 e. The molecule has 0 aliphatic heterocycles. The molecule has 17 heavy (non-hydrogen) atoms. The Morgan fingerprint density at radius 3 is 2.47 bits per heavy atom. The number of carboxylic acid groups (broad SMARTS) is 1. The van der Waals surface area contributed by atoms with Crippen LogP contribution >= 0.6 is 0 Å². The summed E-state index contributed by atoms with van der Waals surface area (Å²) in [4.78, 5) is 10.8. The Morgan fingerprint density at radius 1 is 1.35 bits per heavy atom. The lowest BCUT2D eigenvalue weighted by atomic mass is 9.90. The highest BCUT2D eigenvalue weighted by Crippen LogP contribution is 2.20. The molecule has 0 heterocycles. The Kier molecular flexibility index (Phi) is 4.32. The van der Waals surface area contributed by atoms with Crippen LogP contribution in [0.1, 0.15) is 20.8 Å². The molecule has 92 valence electrons. The van der Waals surface area contributed by atoms with E-state index in [0.717, 1.165) is 5.69 Å². The first-order chi connectivity index (χ1) is 7.91. The molecule has 0 unspecified atom stereocenters. The van der Waals surface area contributed by atoms with Gasteiger partial charge < -0.3 is 10.4 Å². The highest BCUT2D eigenvalue weighted by atomic mass is 16.4. The van der Waals surface area contributed by atoms with Gasteiger partial charge in [-0.3, -0.25) is 0 Å². The normalized spacial score (nSPS) is 12.3. The van der Waals surface area contributed by atoms with E-state index in [2.05, 4.69) is 5.32 Å². The van der Waals surface area contributed by atoms with Crippen molar-refractivity contribution >= 4 is 11.7 Å². The first kappa shape index (κ1) is 13.3. The molecule has 0 fully saturated rings. The lowest BCUT2D eigenvalue weighted by molar-refractivity contribution is -0.132. The van der Waals surface area contributed by atoms with E-state index in [-0.39, 0.29) is 5.41 Å². The summed E-state index contributed by atoms with van der Waals surface area (Å²) in [5, 5.41) is 12.1. The molecule has 0 aliphatic rings. The summed E-state index contributed by atoms with van der Waals surface area (Å²) in [7, 11) is 0. The largest absolute Gasteiger partial charge is 0.478 e. The van der Waals surface area contributed by atoms with Crippen LogP contribution in [0.3, 0.4) is 0 Å². The SMILES string of the molecule is CC(=CC(C)(C)CNc1ccccc1)C(=O)O. The molecule has 1 aromatic rings. The van der Waals surface area contributed by atoms with E-state index in [0.29, 0.717) is 12.1 Å². The number of aliphatic carboxylic acids is 1. The highest BCUT2D eigenvalue weighted by molar-refractivity contribution is 5.85. The first-order valence-electron chi connectivity index (χ1n) is 5.62. The van der Waals surface area contributed by atoms with Crippen molar-refractivity contribution in [2.24, 2.45) is 5.41 Å². The summed E-state index contributed by atoms with van der Waals surface area (Å²) in [6, 6.07) is 9.87. The zero-order valence-corrected chi connectivity index (χ0v) is 10.5. The van der Waals surface area contributed by atoms with Crippen LogP contribution in [-0.4, -0.2) is 17.6 Å². The summed E-state index contributed by atoms with van der Waals surface area (Å²) in [5.41, 5.74) is 1.23. The topological polar surface area (TPSA) is 49.3 Å². The Bertz CT molecular complexity index is 407. The van der Waals surface area contributed by atoms with E-state index in [4.69, 9.17) is 5.11 Å². The van der Waals surface area contributed by atoms with Crippen LogP contribution in [0.5, 0.6) is 0 Å². The van der Waals surface area contributed by atoms with Crippen LogP contribution in [0, 0.1) is 5.41 Å². The third-order valence-corrected chi connectivity index (χ3v) is 2.47. The third kappa shape index (κ3) is 4.72. The van der Waals surface area contributed by atoms with Gasteiger partial charge in [-0.15, -0.1) is 0 Å². The standard InChI is InChI=1S/C14H19NO2/c1-11(13(16)17)9-14(2,3)10-15-12-7-5-4-6-8-12/h4-9,15H,10H2,1-3H3,(H,16,17). The number of carboxylic acids is 1. The number of para-hydroxylation sites is 1. The molecular weight excluding hydrogens is 214 g/mol. The van der Waals surface area contributed by atoms with Gasteiger partial charge in [0.15, 0.2) is 0 Å². The molecule has 3 nitrogen and oxygen atoms in total. The van der Waals surface area contributed by atoms with Crippen molar-refractivity contribution in [3.63, 3.8) is 0 Å². The fourth-order valence-electron chi connectivity index (χ4n) is 1.58. The van der Waals surface area contributed by atoms with Crippen LogP contribution < -0.4 is 5.32 Å². The van der Waals surface area contributed by atoms with Gasteiger partial charge in [-0.2, -0.15) is 0 Å². The van der Waals surface area contributed by atoms with Gasteiger partial charge in [0.25, 0.3) is 0 Å². The molecular formula is C14H19NO2. The second-order valence-corrected chi connectivity index (χ2v) is 4.84. The van der Waals surface area contributed by atoms with Gasteiger partial charge in [-0.1, -0.05) is 38.1 Å². The maximum absolute atomic E-state index is 10.8. The summed E-state index contributed by atoms with van der Waals surface area (Å²) >= 11 is 0. The molecule has 0 atom stereocenters. The second kappa shape index (κ2) is 5.53. The van der Waals surface area contributed by atoms with E-state index in [1.54, 1.807) is 13.0 Å². The molecule has 0 spiro atoms. The average molecular weight is 233 g/mol. The molecule has 0 saturated carbocycles. The molecule has 3 heteroatoms. The monoisotopic (exact) mass is 233 g/mol. The van der Waals surface area contributed by atoms with Crippen molar-refractivity contribution in [3.05, 3.63) is 42.0 Å². The van der Waals surface area contributed by atoms with Gasteiger partial charge in [0.1, 0.15) is 0 Å². The number of anilines is 1. The smallest absolute Gasteiger partial charge is 0.330 e. The fraction of sp³-hybridized carbons (Fsp3) is 0.357. The molecule has 0 amide bonds. The van der Waals surface area contributed by atoms with Crippen molar-refractivity contribution in [3.8, 4) is 0 Å². The summed E-state index contributed by atoms with van der Waals surface area (Å²) in [6.07, 6.45) is 1.78. The summed E-state index contributed by atoms with van der Waals surface area (Å²) in [5.74, 6) is -0.863. The van der Waals surface area contributed by atoms with Crippen molar-refractivity contribution in [1.29, 1.82) is 0 Å². The summed E-state index contributed by atoms with van der Waals surface area (Å²) in [6.45, 7) is 6.33. The quantitative estimate of drug-likeness (QED) is 0.768. The maximum atomic E-state index is 10.8. The van der Waals surface area contributed by atoms with E-state index >= 15 is 0 Å². The number of rotatable bonds is 5. The van der Waals surface area contributed by atoms with Gasteiger partial charge >= 0.3 is 5.97 Å². The zero-order valence-electron chi connectivity index (χ0n) is 10.5. The third-order valence-electron chi connectivity index (χ3n) is 2.47. The minimum atomic E-state index is -0.863. The average Bonchev–Trinajstić information content (AvgIpc) is 2.27. The van der Waals surface area contributed by atoms with Crippen molar-refractivity contribution in [2.45, 2.75) is 20.8 Å². The van der Waals surface area contributed by atoms with Gasteiger partial charge in [-0.05, 0) is 19.1 Å². The number of hydrogen-bond acceptors (Lipinski definition) is 2. The van der Waals surface area contributed by atoms with Gasteiger partial charge in [0, 0.05) is 23.2 Å². The predicted octanol–water partition coefficient (Wildman–Crippen LogP) is 3.16. The van der Waals surface area contributed by atoms with E-state index < -0.39 is 5.97 Å². The zero-order chi connectivity index (χ0) is 12.9. The van der Waals surface area contributed by atoms with E-state index in [1.807, 2.05) is 44.2 Å². The molecule has 0 aliphatic carbocycles. The Hall–Kier alpha value is -1.77. The number of hydrogen-bond donors (Lipinski definition) is 2. The molecule has 0 aromatic heterocycles. The Labute approximate surface area is 102 Å². The minimum absolute atomic E-state index is 0.196. The van der Waals surface area contributed by atoms with E-state index in [1.165, 1.54) is 0 Å². The highest BCUT2D eigenvalue weighted by Gasteiger charge is 2.16. The van der Waals surface area contributed by atoms with E-state index in [9.17, 15) is 4.79 Å². The Balaban J connectivity index is 2.62. The number of carbonyl (C=O) groups is 1. The molecule has 0 bridgehead atoms. The van der Waals surface area contributed by atoms with Crippen LogP contribution in [0.25, 0.3) is 0 Å². The van der Waals surface area contributed by atoms with Gasteiger partial charge in [-0.25, -0.2) is 4.79 Å². The first-order valence-corrected chi connectivity index (χ1v) is 5.62. The second-order valence-electron chi connectivity index (χ2n) is 4.84. The van der Waals surface area contributed by atoms with Crippen LogP contribution in [0.15, 0.2) is 42.0 Å². The molecule has 0 radical (unpaired) electrons. The molecule has 1 aromatic carbocycles. The number of nitrogens with one attached hydrogen (secondary N) is 1. The molecule has 2 N–H and O–H groups in total. The Morgan fingerprint density at radius 2 is 1.94 bits per heavy atom. The molecule has 1 rings (SSSR count). The van der Waals surface area contributed by atoms with Gasteiger partial charge in [0.2, 0.25) is 0 Å².